The standard InChI is InChI=1S/C26H22INO4/c1-17-14-20(9-10-21(17)27)25-28-22(26(29)32-25)15-19-8-11-23(24(16-19)30-2)31-13-12-18-6-4-3-5-7-18/h3-11,14-16H,12-13H2,1-2H3/b22-15-. The van der Waals surface area contributed by atoms with Crippen molar-refractivity contribution >= 4 is 40.5 Å². The first-order valence-electron chi connectivity index (χ1n) is 10.2. The molecule has 0 bridgehead atoms. The van der Waals surface area contributed by atoms with Gasteiger partial charge in [0, 0.05) is 15.6 Å². The molecule has 0 aliphatic carbocycles. The van der Waals surface area contributed by atoms with E-state index in [9.17, 15) is 4.79 Å². The van der Waals surface area contributed by atoms with Gasteiger partial charge in [0.25, 0.3) is 0 Å². The summed E-state index contributed by atoms with van der Waals surface area (Å²) in [4.78, 5) is 16.7. The third-order valence-electron chi connectivity index (χ3n) is 5.01. The molecule has 3 aromatic carbocycles. The summed E-state index contributed by atoms with van der Waals surface area (Å²) >= 11 is 2.27. The van der Waals surface area contributed by atoms with Gasteiger partial charge < -0.3 is 14.2 Å². The molecule has 0 saturated heterocycles. The zero-order chi connectivity index (χ0) is 22.5. The number of rotatable bonds is 7. The van der Waals surface area contributed by atoms with Crippen LogP contribution in [-0.4, -0.2) is 25.6 Å². The van der Waals surface area contributed by atoms with Gasteiger partial charge in [0.1, 0.15) is 0 Å². The van der Waals surface area contributed by atoms with Crippen molar-refractivity contribution in [2.24, 2.45) is 4.99 Å². The van der Waals surface area contributed by atoms with E-state index in [2.05, 4.69) is 39.7 Å². The fourth-order valence-corrected chi connectivity index (χ4v) is 3.62. The predicted octanol–water partition coefficient (Wildman–Crippen LogP) is 5.57. The van der Waals surface area contributed by atoms with Crippen LogP contribution >= 0.6 is 22.6 Å². The van der Waals surface area contributed by atoms with E-state index in [1.807, 2.05) is 61.5 Å². The Morgan fingerprint density at radius 2 is 1.84 bits per heavy atom. The summed E-state index contributed by atoms with van der Waals surface area (Å²) in [5.41, 5.74) is 4.11. The third kappa shape index (κ3) is 5.19. The van der Waals surface area contributed by atoms with Crippen molar-refractivity contribution in [3.8, 4) is 11.5 Å². The topological polar surface area (TPSA) is 57.1 Å². The molecule has 0 atom stereocenters. The van der Waals surface area contributed by atoms with Gasteiger partial charge in [0.2, 0.25) is 5.90 Å². The van der Waals surface area contributed by atoms with Gasteiger partial charge in [-0.05, 0) is 82.6 Å². The van der Waals surface area contributed by atoms with E-state index >= 15 is 0 Å². The number of hydrogen-bond donors (Lipinski definition) is 0. The summed E-state index contributed by atoms with van der Waals surface area (Å²) in [6.07, 6.45) is 2.49. The Morgan fingerprint density at radius 3 is 2.59 bits per heavy atom. The minimum absolute atomic E-state index is 0.246. The summed E-state index contributed by atoms with van der Waals surface area (Å²) in [5, 5.41) is 0. The highest BCUT2D eigenvalue weighted by atomic mass is 127. The molecule has 3 aromatic rings. The van der Waals surface area contributed by atoms with E-state index in [1.54, 1.807) is 13.2 Å². The Labute approximate surface area is 200 Å². The molecule has 0 aromatic heterocycles. The predicted molar refractivity (Wildman–Crippen MR) is 133 cm³/mol. The number of esters is 1. The first-order chi connectivity index (χ1) is 15.5. The maximum absolute atomic E-state index is 12.3. The monoisotopic (exact) mass is 539 g/mol. The second kappa shape index (κ2) is 9.99. The van der Waals surface area contributed by atoms with Crippen LogP contribution in [0.1, 0.15) is 22.3 Å². The van der Waals surface area contributed by atoms with Crippen LogP contribution < -0.4 is 9.47 Å². The fourth-order valence-electron chi connectivity index (χ4n) is 3.28. The molecule has 0 saturated carbocycles. The van der Waals surface area contributed by atoms with Crippen LogP contribution in [0.15, 0.2) is 77.4 Å². The van der Waals surface area contributed by atoms with Crippen LogP contribution in [0.4, 0.5) is 0 Å². The minimum Gasteiger partial charge on any atom is -0.493 e. The fraction of sp³-hybridized carbons (Fsp3) is 0.154. The molecule has 5 nitrogen and oxygen atoms in total. The molecule has 162 valence electrons. The average molecular weight is 539 g/mol. The smallest absolute Gasteiger partial charge is 0.363 e. The van der Waals surface area contributed by atoms with Gasteiger partial charge in [-0.1, -0.05) is 36.4 Å². The van der Waals surface area contributed by atoms with Crippen molar-refractivity contribution in [3.05, 3.63) is 98.3 Å². The highest BCUT2D eigenvalue weighted by molar-refractivity contribution is 14.1. The number of aliphatic imine (C=N–C) groups is 1. The molecule has 32 heavy (non-hydrogen) atoms. The van der Waals surface area contributed by atoms with Crippen LogP contribution in [0.5, 0.6) is 11.5 Å². The maximum atomic E-state index is 12.3. The molecule has 4 rings (SSSR count). The van der Waals surface area contributed by atoms with Gasteiger partial charge in [-0.25, -0.2) is 9.79 Å². The van der Waals surface area contributed by atoms with Gasteiger partial charge in [0.05, 0.1) is 13.7 Å². The van der Waals surface area contributed by atoms with E-state index in [1.165, 1.54) is 5.56 Å². The molecule has 0 fully saturated rings. The SMILES string of the molecule is COc1cc(/C=C2\N=C(c3ccc(I)c(C)c3)OC2=O)ccc1OCCc1ccccc1. The van der Waals surface area contributed by atoms with Crippen LogP contribution in [-0.2, 0) is 16.0 Å². The van der Waals surface area contributed by atoms with Crippen LogP contribution in [0.25, 0.3) is 6.08 Å². The van der Waals surface area contributed by atoms with Crippen LogP contribution in [0, 0.1) is 10.5 Å². The van der Waals surface area contributed by atoms with Crippen LogP contribution in [0.3, 0.4) is 0 Å². The normalized spacial score (nSPS) is 14.3. The highest BCUT2D eigenvalue weighted by Crippen LogP contribution is 2.30. The summed E-state index contributed by atoms with van der Waals surface area (Å²) < 4.78 is 17.9. The lowest BCUT2D eigenvalue weighted by atomic mass is 10.1. The van der Waals surface area contributed by atoms with Gasteiger partial charge in [-0.2, -0.15) is 0 Å². The summed E-state index contributed by atoms with van der Waals surface area (Å²) in [6.45, 7) is 2.55. The molecular weight excluding hydrogens is 517 g/mol. The average Bonchev–Trinajstić information content (AvgIpc) is 3.17. The molecule has 0 radical (unpaired) electrons. The van der Waals surface area contributed by atoms with Gasteiger partial charge in [-0.3, -0.25) is 0 Å². The minimum atomic E-state index is -0.474. The van der Waals surface area contributed by atoms with Gasteiger partial charge in [-0.15, -0.1) is 0 Å². The molecule has 0 unspecified atom stereocenters. The van der Waals surface area contributed by atoms with Gasteiger partial charge >= 0.3 is 5.97 Å². The lowest BCUT2D eigenvalue weighted by Gasteiger charge is -2.11. The Kier molecular flexibility index (Phi) is 6.90. The Bertz CT molecular complexity index is 1200. The first-order valence-corrected chi connectivity index (χ1v) is 11.3. The molecular formula is C26H22INO4. The third-order valence-corrected chi connectivity index (χ3v) is 6.22. The summed E-state index contributed by atoms with van der Waals surface area (Å²) in [6, 6.07) is 21.5. The molecule has 0 spiro atoms. The number of ether oxygens (including phenoxy) is 3. The number of methoxy groups -OCH3 is 1. The Balaban J connectivity index is 1.50. The number of halogens is 1. The Morgan fingerprint density at radius 1 is 1.03 bits per heavy atom. The number of nitrogens with zero attached hydrogens (tertiary/aromatic N) is 1. The number of benzene rings is 3. The Hall–Kier alpha value is -3.13. The van der Waals surface area contributed by atoms with Crippen molar-refractivity contribution in [1.29, 1.82) is 0 Å². The molecule has 0 amide bonds. The summed E-state index contributed by atoms with van der Waals surface area (Å²) in [5.74, 6) is 1.08. The quantitative estimate of drug-likeness (QED) is 0.224. The molecule has 1 heterocycles. The molecule has 1 aliphatic rings. The number of carbonyl (C=O) groups is 1. The van der Waals surface area contributed by atoms with E-state index in [0.717, 1.165) is 26.7 Å². The van der Waals surface area contributed by atoms with Crippen molar-refractivity contribution < 1.29 is 19.0 Å². The van der Waals surface area contributed by atoms with Gasteiger partial charge in [0.15, 0.2) is 17.2 Å². The zero-order valence-corrected chi connectivity index (χ0v) is 20.0. The molecule has 0 N–H and O–H groups in total. The van der Waals surface area contributed by atoms with Crippen LogP contribution in [0.2, 0.25) is 0 Å². The lowest BCUT2D eigenvalue weighted by Crippen LogP contribution is -2.05. The largest absolute Gasteiger partial charge is 0.493 e. The summed E-state index contributed by atoms with van der Waals surface area (Å²) in [7, 11) is 1.59. The van der Waals surface area contributed by atoms with Crippen molar-refractivity contribution in [1.82, 2.24) is 0 Å². The van der Waals surface area contributed by atoms with E-state index in [4.69, 9.17) is 14.2 Å². The first kappa shape index (κ1) is 22.1. The maximum Gasteiger partial charge on any atom is 0.363 e. The van der Waals surface area contributed by atoms with E-state index in [-0.39, 0.29) is 5.70 Å². The van der Waals surface area contributed by atoms with E-state index < -0.39 is 5.97 Å². The van der Waals surface area contributed by atoms with Crippen molar-refractivity contribution in [2.45, 2.75) is 13.3 Å². The van der Waals surface area contributed by atoms with E-state index in [0.29, 0.717) is 24.0 Å². The number of hydrogen-bond acceptors (Lipinski definition) is 5. The molecule has 6 heteroatoms. The number of carbonyl (C=O) groups excluding carboxylic acids is 1. The lowest BCUT2D eigenvalue weighted by molar-refractivity contribution is -0.129. The second-order valence-electron chi connectivity index (χ2n) is 7.29. The zero-order valence-electron chi connectivity index (χ0n) is 17.8. The van der Waals surface area contributed by atoms with Crippen molar-refractivity contribution in [3.63, 3.8) is 0 Å². The van der Waals surface area contributed by atoms with Crippen molar-refractivity contribution in [2.75, 3.05) is 13.7 Å². The number of aryl methyl sites for hydroxylation is 1. The highest BCUT2D eigenvalue weighted by Gasteiger charge is 2.24. The molecule has 1 aliphatic heterocycles. The second-order valence-corrected chi connectivity index (χ2v) is 8.46. The number of cyclic esters (lactones) is 1.